The minimum absolute atomic E-state index is 0.107. The fourth-order valence-electron chi connectivity index (χ4n) is 2.23. The molecule has 7 heteroatoms. The van der Waals surface area contributed by atoms with Gasteiger partial charge in [-0.3, -0.25) is 0 Å². The molecule has 0 fully saturated rings. The van der Waals surface area contributed by atoms with Crippen molar-refractivity contribution in [1.29, 1.82) is 0 Å². The van der Waals surface area contributed by atoms with Gasteiger partial charge in [-0.05, 0) is 12.1 Å². The Labute approximate surface area is 122 Å². The summed E-state index contributed by atoms with van der Waals surface area (Å²) in [5, 5.41) is 39.2. The maximum atomic E-state index is 10.2. The van der Waals surface area contributed by atoms with Gasteiger partial charge in [-0.25, -0.2) is 0 Å². The number of rotatable bonds is 2. The van der Waals surface area contributed by atoms with Crippen molar-refractivity contribution in [3.63, 3.8) is 0 Å². The van der Waals surface area contributed by atoms with Gasteiger partial charge in [0.1, 0.15) is 23.7 Å². The summed E-state index contributed by atoms with van der Waals surface area (Å²) in [5.41, 5.74) is 0.466. The van der Waals surface area contributed by atoms with E-state index in [0.717, 1.165) is 0 Å². The molecule has 0 aliphatic carbocycles. The molecule has 4 unspecified atom stereocenters. The van der Waals surface area contributed by atoms with Crippen LogP contribution in [0.1, 0.15) is 18.1 Å². The Morgan fingerprint density at radius 2 is 2.05 bits per heavy atom. The molecule has 1 aromatic carbocycles. The van der Waals surface area contributed by atoms with Gasteiger partial charge in [-0.2, -0.15) is 0 Å². The Bertz CT molecular complexity index is 465. The molecule has 0 radical (unpaired) electrons. The highest BCUT2D eigenvalue weighted by Gasteiger charge is 2.31. The fourth-order valence-corrected chi connectivity index (χ4v) is 2.23. The van der Waals surface area contributed by atoms with E-state index in [1.165, 1.54) is 7.11 Å². The molecule has 0 saturated heterocycles. The third-order valence-electron chi connectivity index (χ3n) is 3.50. The zero-order valence-electron chi connectivity index (χ0n) is 11.7. The molecular formula is C14H20O7. The summed E-state index contributed by atoms with van der Waals surface area (Å²) >= 11 is 0. The summed E-state index contributed by atoms with van der Waals surface area (Å²) < 4.78 is 15.7. The summed E-state index contributed by atoms with van der Waals surface area (Å²) in [6.07, 6.45) is -4.66. The predicted octanol–water partition coefficient (Wildman–Crippen LogP) is -0.432. The Morgan fingerprint density at radius 3 is 2.71 bits per heavy atom. The average molecular weight is 300 g/mol. The molecule has 2 rings (SSSR count). The number of fused-ring (bicyclic) bond motifs is 1. The molecule has 1 heterocycles. The van der Waals surface area contributed by atoms with Crippen LogP contribution in [0.2, 0.25) is 0 Å². The highest BCUT2D eigenvalue weighted by molar-refractivity contribution is 5.42. The zero-order valence-corrected chi connectivity index (χ0v) is 11.7. The number of ether oxygens (including phenoxy) is 3. The summed E-state index contributed by atoms with van der Waals surface area (Å²) in [5.74, 6) is 0.916. The van der Waals surface area contributed by atoms with Crippen molar-refractivity contribution in [2.75, 3.05) is 20.5 Å². The van der Waals surface area contributed by atoms with Crippen LogP contribution >= 0.6 is 0 Å². The first-order valence-electron chi connectivity index (χ1n) is 6.64. The highest BCUT2D eigenvalue weighted by atomic mass is 16.7. The van der Waals surface area contributed by atoms with Crippen molar-refractivity contribution in [2.24, 2.45) is 0 Å². The quantitative estimate of drug-likeness (QED) is 0.587. The van der Waals surface area contributed by atoms with Crippen LogP contribution in [-0.2, 0) is 4.74 Å². The van der Waals surface area contributed by atoms with E-state index >= 15 is 0 Å². The molecule has 7 nitrogen and oxygen atoms in total. The van der Waals surface area contributed by atoms with Crippen molar-refractivity contribution >= 4 is 0 Å². The first kappa shape index (κ1) is 16.0. The molecule has 0 spiro atoms. The van der Waals surface area contributed by atoms with Gasteiger partial charge in [0, 0.05) is 18.1 Å². The first-order valence-corrected chi connectivity index (χ1v) is 6.64. The topological polar surface area (TPSA) is 109 Å². The lowest BCUT2D eigenvalue weighted by Gasteiger charge is -2.29. The predicted molar refractivity (Wildman–Crippen MR) is 72.0 cm³/mol. The monoisotopic (exact) mass is 300 g/mol. The fraction of sp³-hybridized carbons (Fsp3) is 0.571. The van der Waals surface area contributed by atoms with Gasteiger partial charge in [-0.1, -0.05) is 0 Å². The summed E-state index contributed by atoms with van der Waals surface area (Å²) in [6.45, 7) is -0.704. The number of aliphatic hydroxyl groups excluding tert-OH is 4. The molecule has 0 amide bonds. The number of aliphatic hydroxyl groups is 4. The minimum atomic E-state index is -1.31. The lowest BCUT2D eigenvalue weighted by Crippen LogP contribution is -2.43. The molecule has 21 heavy (non-hydrogen) atoms. The lowest BCUT2D eigenvalue weighted by molar-refractivity contribution is -0.144. The third kappa shape index (κ3) is 3.63. The maximum absolute atomic E-state index is 10.2. The van der Waals surface area contributed by atoms with Crippen molar-refractivity contribution in [3.05, 3.63) is 23.8 Å². The smallest absolute Gasteiger partial charge is 0.189 e. The summed E-state index contributed by atoms with van der Waals surface area (Å²) in [6, 6.07) is 4.89. The lowest BCUT2D eigenvalue weighted by atomic mass is 9.97. The second kappa shape index (κ2) is 7.06. The number of hydrogen-bond donors (Lipinski definition) is 4. The van der Waals surface area contributed by atoms with Gasteiger partial charge in [0.2, 0.25) is 0 Å². The van der Waals surface area contributed by atoms with E-state index in [9.17, 15) is 15.3 Å². The molecular weight excluding hydrogens is 280 g/mol. The second-order valence-corrected chi connectivity index (χ2v) is 4.86. The number of hydrogen-bond acceptors (Lipinski definition) is 7. The highest BCUT2D eigenvalue weighted by Crippen LogP contribution is 2.33. The molecule has 118 valence electrons. The van der Waals surface area contributed by atoms with Gasteiger partial charge >= 0.3 is 0 Å². The molecule has 1 aliphatic rings. The Balaban J connectivity index is 2.29. The number of methoxy groups -OCH3 is 1. The van der Waals surface area contributed by atoms with Gasteiger partial charge in [-0.15, -0.1) is 0 Å². The van der Waals surface area contributed by atoms with Crippen LogP contribution in [0.4, 0.5) is 0 Å². The maximum Gasteiger partial charge on any atom is 0.189 e. The van der Waals surface area contributed by atoms with Gasteiger partial charge in [0.25, 0.3) is 0 Å². The number of benzene rings is 1. The van der Waals surface area contributed by atoms with E-state index in [4.69, 9.17) is 19.3 Å². The van der Waals surface area contributed by atoms with Crippen molar-refractivity contribution in [2.45, 2.75) is 30.8 Å². The van der Waals surface area contributed by atoms with Crippen LogP contribution in [0.5, 0.6) is 11.5 Å². The van der Waals surface area contributed by atoms with Crippen LogP contribution in [0.3, 0.4) is 0 Å². The van der Waals surface area contributed by atoms with Crippen molar-refractivity contribution in [3.8, 4) is 11.5 Å². The summed E-state index contributed by atoms with van der Waals surface area (Å²) in [7, 11) is 1.51. The van der Waals surface area contributed by atoms with E-state index in [2.05, 4.69) is 0 Å². The average Bonchev–Trinajstić information content (AvgIpc) is 2.49. The Morgan fingerprint density at radius 1 is 1.29 bits per heavy atom. The van der Waals surface area contributed by atoms with E-state index in [1.807, 2.05) is 0 Å². The van der Waals surface area contributed by atoms with Crippen LogP contribution in [0, 0.1) is 0 Å². The largest absolute Gasteiger partial charge is 0.497 e. The standard InChI is InChI=1S/C14H20O7/c1-19-8-2-3-9-10(16)5-11(17)14(18)13(6-15)21-7-20-12(9)4-8/h2-4,10-11,13-18H,5-7H2,1H3. The van der Waals surface area contributed by atoms with E-state index in [0.29, 0.717) is 17.1 Å². The van der Waals surface area contributed by atoms with Crippen LogP contribution < -0.4 is 9.47 Å². The van der Waals surface area contributed by atoms with Gasteiger partial charge in [0.05, 0.1) is 25.9 Å². The second-order valence-electron chi connectivity index (χ2n) is 4.86. The molecule has 1 aliphatic heterocycles. The van der Waals surface area contributed by atoms with E-state index in [-0.39, 0.29) is 13.2 Å². The Kier molecular flexibility index (Phi) is 5.38. The van der Waals surface area contributed by atoms with E-state index in [1.54, 1.807) is 18.2 Å². The zero-order chi connectivity index (χ0) is 15.4. The molecule has 4 N–H and O–H groups in total. The van der Waals surface area contributed by atoms with Gasteiger partial charge < -0.3 is 34.6 Å². The van der Waals surface area contributed by atoms with Crippen LogP contribution in [0.15, 0.2) is 18.2 Å². The van der Waals surface area contributed by atoms with Gasteiger partial charge in [0.15, 0.2) is 6.79 Å². The normalized spacial score (nSPS) is 30.1. The first-order chi connectivity index (χ1) is 10.1. The minimum Gasteiger partial charge on any atom is -0.497 e. The van der Waals surface area contributed by atoms with Crippen molar-refractivity contribution in [1.82, 2.24) is 0 Å². The summed E-state index contributed by atoms with van der Waals surface area (Å²) in [4.78, 5) is 0. The molecule has 1 aromatic rings. The molecule has 0 bridgehead atoms. The van der Waals surface area contributed by atoms with Crippen LogP contribution in [0.25, 0.3) is 0 Å². The molecule has 4 atom stereocenters. The molecule has 0 saturated carbocycles. The van der Waals surface area contributed by atoms with E-state index < -0.39 is 31.0 Å². The van der Waals surface area contributed by atoms with Crippen molar-refractivity contribution < 1.29 is 34.6 Å². The third-order valence-corrected chi connectivity index (χ3v) is 3.50. The molecule has 0 aromatic heterocycles. The van der Waals surface area contributed by atoms with Crippen LogP contribution in [-0.4, -0.2) is 59.2 Å². The Hall–Kier alpha value is -1.38. The SMILES string of the molecule is COc1ccc2c(c1)OCOC(CO)C(O)C(O)CC2O.